The van der Waals surface area contributed by atoms with Gasteiger partial charge in [0.05, 0.1) is 0 Å². The zero-order valence-electron chi connectivity index (χ0n) is 8.46. The molecule has 7 heteroatoms. The number of halogens is 3. The van der Waals surface area contributed by atoms with E-state index in [0.29, 0.717) is 5.82 Å². The maximum atomic E-state index is 12.0. The first-order valence-corrected chi connectivity index (χ1v) is 4.63. The van der Waals surface area contributed by atoms with Crippen LogP contribution in [0.2, 0.25) is 0 Å². The number of hydrogen-bond donors (Lipinski definition) is 3. The van der Waals surface area contributed by atoms with Crippen molar-refractivity contribution in [1.29, 1.82) is 0 Å². The van der Waals surface area contributed by atoms with Crippen molar-refractivity contribution in [2.45, 2.75) is 18.8 Å². The van der Waals surface area contributed by atoms with Crippen LogP contribution in [0.25, 0.3) is 0 Å². The molecule has 0 bridgehead atoms. The largest absolute Gasteiger partial charge is 0.404 e. The van der Waals surface area contributed by atoms with E-state index in [1.165, 1.54) is 6.20 Å². The second-order valence-corrected chi connectivity index (χ2v) is 3.37. The van der Waals surface area contributed by atoms with E-state index in [9.17, 15) is 13.2 Å². The summed E-state index contributed by atoms with van der Waals surface area (Å²) in [4.78, 5) is 3.77. The minimum Gasteiger partial charge on any atom is -0.384 e. The molecule has 0 aromatic carbocycles. The van der Waals surface area contributed by atoms with Gasteiger partial charge in [0.1, 0.15) is 11.9 Å². The van der Waals surface area contributed by atoms with Crippen molar-refractivity contribution in [2.75, 3.05) is 12.3 Å². The molecule has 0 spiro atoms. The summed E-state index contributed by atoms with van der Waals surface area (Å²) >= 11 is 0. The van der Waals surface area contributed by atoms with Gasteiger partial charge in [0.15, 0.2) is 0 Å². The van der Waals surface area contributed by atoms with Crippen molar-refractivity contribution in [2.24, 2.45) is 5.73 Å². The van der Waals surface area contributed by atoms with E-state index in [0.717, 1.165) is 5.56 Å². The van der Waals surface area contributed by atoms with Crippen LogP contribution >= 0.6 is 0 Å². The third-order valence-electron chi connectivity index (χ3n) is 1.96. The second-order valence-electron chi connectivity index (χ2n) is 3.37. The van der Waals surface area contributed by atoms with Crippen molar-refractivity contribution in [3.05, 3.63) is 23.9 Å². The summed E-state index contributed by atoms with van der Waals surface area (Å²) < 4.78 is 36.1. The van der Waals surface area contributed by atoms with Gasteiger partial charge in [-0.15, -0.1) is 0 Å². The van der Waals surface area contributed by atoms with Gasteiger partial charge in [-0.25, -0.2) is 4.98 Å². The number of anilines is 1. The number of nitrogens with one attached hydrogen (secondary N) is 1. The van der Waals surface area contributed by atoms with Crippen LogP contribution in [-0.2, 0) is 6.54 Å². The van der Waals surface area contributed by atoms with Crippen molar-refractivity contribution in [3.8, 4) is 0 Å². The Morgan fingerprint density at radius 1 is 1.44 bits per heavy atom. The Bertz CT molecular complexity index is 340. The second kappa shape index (κ2) is 5.13. The SMILES string of the molecule is Nc1cc(CNC[C@H](N)C(F)(F)F)ccn1. The van der Waals surface area contributed by atoms with Gasteiger partial charge >= 0.3 is 6.18 Å². The van der Waals surface area contributed by atoms with E-state index in [1.807, 2.05) is 0 Å². The van der Waals surface area contributed by atoms with Gasteiger partial charge in [-0.05, 0) is 17.7 Å². The number of nitrogen functional groups attached to an aromatic ring is 1. The van der Waals surface area contributed by atoms with E-state index in [-0.39, 0.29) is 13.1 Å². The molecular weight excluding hydrogens is 221 g/mol. The van der Waals surface area contributed by atoms with Crippen molar-refractivity contribution < 1.29 is 13.2 Å². The summed E-state index contributed by atoms with van der Waals surface area (Å²) in [5.41, 5.74) is 11.1. The first kappa shape index (κ1) is 12.7. The molecule has 4 nitrogen and oxygen atoms in total. The Labute approximate surface area is 90.8 Å². The Morgan fingerprint density at radius 3 is 2.69 bits per heavy atom. The summed E-state index contributed by atoms with van der Waals surface area (Å²) in [6.45, 7) is -0.0533. The van der Waals surface area contributed by atoms with Crippen molar-refractivity contribution in [1.82, 2.24) is 10.3 Å². The van der Waals surface area contributed by atoms with Gasteiger partial charge in [0, 0.05) is 19.3 Å². The third-order valence-corrected chi connectivity index (χ3v) is 1.96. The zero-order chi connectivity index (χ0) is 12.2. The van der Waals surface area contributed by atoms with Gasteiger partial charge < -0.3 is 16.8 Å². The lowest BCUT2D eigenvalue weighted by molar-refractivity contribution is -0.146. The summed E-state index contributed by atoms with van der Waals surface area (Å²) in [6.07, 6.45) is -2.87. The summed E-state index contributed by atoms with van der Waals surface area (Å²) in [7, 11) is 0. The zero-order valence-corrected chi connectivity index (χ0v) is 8.46. The maximum absolute atomic E-state index is 12.0. The fraction of sp³-hybridized carbons (Fsp3) is 0.444. The number of nitrogens with zero attached hydrogens (tertiary/aromatic N) is 1. The van der Waals surface area contributed by atoms with Crippen LogP contribution in [0.5, 0.6) is 0 Å². The van der Waals surface area contributed by atoms with Gasteiger partial charge in [0.25, 0.3) is 0 Å². The van der Waals surface area contributed by atoms with Crippen LogP contribution in [0.4, 0.5) is 19.0 Å². The highest BCUT2D eigenvalue weighted by molar-refractivity contribution is 5.31. The van der Waals surface area contributed by atoms with Crippen molar-refractivity contribution in [3.63, 3.8) is 0 Å². The van der Waals surface area contributed by atoms with Crippen LogP contribution in [0.1, 0.15) is 5.56 Å². The molecule has 0 aliphatic rings. The summed E-state index contributed by atoms with van der Waals surface area (Å²) in [5, 5.41) is 2.61. The minimum absolute atomic E-state index is 0.274. The van der Waals surface area contributed by atoms with Gasteiger partial charge in [0.2, 0.25) is 0 Å². The normalized spacial score (nSPS) is 13.8. The Balaban J connectivity index is 2.36. The maximum Gasteiger partial charge on any atom is 0.404 e. The molecule has 1 atom stereocenters. The fourth-order valence-electron chi connectivity index (χ4n) is 1.09. The molecule has 16 heavy (non-hydrogen) atoms. The number of aromatic nitrogens is 1. The first-order chi connectivity index (χ1) is 7.39. The van der Waals surface area contributed by atoms with E-state index < -0.39 is 12.2 Å². The van der Waals surface area contributed by atoms with E-state index >= 15 is 0 Å². The van der Waals surface area contributed by atoms with E-state index in [2.05, 4.69) is 10.3 Å². The predicted molar refractivity (Wildman–Crippen MR) is 54.4 cm³/mol. The third kappa shape index (κ3) is 4.03. The molecule has 1 aromatic heterocycles. The lowest BCUT2D eigenvalue weighted by atomic mass is 10.2. The van der Waals surface area contributed by atoms with Crippen LogP contribution in [0.3, 0.4) is 0 Å². The highest BCUT2D eigenvalue weighted by Crippen LogP contribution is 2.17. The highest BCUT2D eigenvalue weighted by Gasteiger charge is 2.35. The van der Waals surface area contributed by atoms with Crippen LogP contribution in [0.15, 0.2) is 18.3 Å². The van der Waals surface area contributed by atoms with Gasteiger partial charge in [-0.3, -0.25) is 0 Å². The lowest BCUT2D eigenvalue weighted by Gasteiger charge is -2.16. The summed E-state index contributed by atoms with van der Waals surface area (Å²) in [5.74, 6) is 0.333. The quantitative estimate of drug-likeness (QED) is 0.714. The number of nitrogens with two attached hydrogens (primary N) is 2. The molecule has 1 rings (SSSR count). The predicted octanol–water partition coefficient (Wildman–Crippen LogP) is 0.643. The summed E-state index contributed by atoms with van der Waals surface area (Å²) in [6, 6.07) is 1.40. The monoisotopic (exact) mass is 234 g/mol. The topological polar surface area (TPSA) is 77.0 Å². The molecule has 1 aromatic rings. The highest BCUT2D eigenvalue weighted by atomic mass is 19.4. The molecule has 0 saturated carbocycles. The molecule has 0 fully saturated rings. The minimum atomic E-state index is -4.37. The van der Waals surface area contributed by atoms with Crippen molar-refractivity contribution >= 4 is 5.82 Å². The Morgan fingerprint density at radius 2 is 2.12 bits per heavy atom. The molecule has 0 amide bonds. The molecular formula is C9H13F3N4. The first-order valence-electron chi connectivity index (χ1n) is 4.63. The van der Waals surface area contributed by atoms with E-state index in [4.69, 9.17) is 11.5 Å². The Hall–Kier alpha value is -1.34. The smallest absolute Gasteiger partial charge is 0.384 e. The molecule has 0 aliphatic heterocycles. The number of hydrogen-bond acceptors (Lipinski definition) is 4. The Kier molecular flexibility index (Phi) is 4.08. The van der Waals surface area contributed by atoms with Crippen LogP contribution in [-0.4, -0.2) is 23.7 Å². The molecule has 0 aliphatic carbocycles. The van der Waals surface area contributed by atoms with Crippen LogP contribution < -0.4 is 16.8 Å². The molecule has 1 heterocycles. The molecule has 0 radical (unpaired) electrons. The molecule has 0 saturated heterocycles. The molecule has 90 valence electrons. The standard InChI is InChI=1S/C9H13F3N4/c10-9(11,12)7(13)5-15-4-6-1-2-16-8(14)3-6/h1-3,7,15H,4-5,13H2,(H2,14,16)/t7-/m0/s1. The lowest BCUT2D eigenvalue weighted by Crippen LogP contribution is -2.45. The fourth-order valence-corrected chi connectivity index (χ4v) is 1.09. The number of pyridine rings is 1. The average Bonchev–Trinajstić information content (AvgIpc) is 2.16. The van der Waals surface area contributed by atoms with Gasteiger partial charge in [-0.2, -0.15) is 13.2 Å². The number of alkyl halides is 3. The molecule has 5 N–H and O–H groups in total. The average molecular weight is 234 g/mol. The van der Waals surface area contributed by atoms with Crippen LogP contribution in [0, 0.1) is 0 Å². The van der Waals surface area contributed by atoms with Gasteiger partial charge in [-0.1, -0.05) is 0 Å². The van der Waals surface area contributed by atoms with E-state index in [1.54, 1.807) is 12.1 Å². The number of rotatable bonds is 4. The molecule has 0 unspecified atom stereocenters.